The minimum atomic E-state index is -0.127. The van der Waals surface area contributed by atoms with Crippen molar-refractivity contribution < 1.29 is 14.3 Å². The molecule has 208 valence electrons. The molecule has 2 fully saturated rings. The van der Waals surface area contributed by atoms with Gasteiger partial charge in [-0.1, -0.05) is 0 Å². The number of hydrogen-bond donors (Lipinski definition) is 1. The van der Waals surface area contributed by atoms with Crippen LogP contribution in [0.1, 0.15) is 40.0 Å². The van der Waals surface area contributed by atoms with Gasteiger partial charge in [0.15, 0.2) is 5.78 Å². The van der Waals surface area contributed by atoms with Crippen molar-refractivity contribution in [2.45, 2.75) is 25.8 Å². The van der Waals surface area contributed by atoms with Crippen molar-refractivity contribution in [1.29, 1.82) is 0 Å². The molecule has 5 aromatic rings. The number of nitrogens with one attached hydrogen (secondary N) is 1. The van der Waals surface area contributed by atoms with Crippen molar-refractivity contribution in [2.24, 2.45) is 5.92 Å². The molecule has 0 atom stereocenters. The molecule has 7 rings (SSSR count). The van der Waals surface area contributed by atoms with Crippen LogP contribution in [0.5, 0.6) is 0 Å². The zero-order chi connectivity index (χ0) is 27.8. The summed E-state index contributed by atoms with van der Waals surface area (Å²) in [6.45, 7) is 5.48. The van der Waals surface area contributed by atoms with E-state index in [1.165, 1.54) is 12.8 Å². The lowest BCUT2D eigenvalue weighted by Gasteiger charge is -2.26. The highest BCUT2D eigenvalue weighted by Crippen LogP contribution is 2.33. The Balaban J connectivity index is 1.02. The summed E-state index contributed by atoms with van der Waals surface area (Å²) in [7, 11) is 0. The zero-order valence-electron chi connectivity index (χ0n) is 23.1. The van der Waals surface area contributed by atoms with Crippen LogP contribution in [0.4, 0.5) is 5.69 Å². The number of hydrogen-bond acceptors (Lipinski definition) is 4. The van der Waals surface area contributed by atoms with Gasteiger partial charge >= 0.3 is 0 Å². The van der Waals surface area contributed by atoms with Crippen LogP contribution in [0.15, 0.2) is 85.2 Å². The molecule has 0 radical (unpaired) electrons. The van der Waals surface area contributed by atoms with Crippen LogP contribution in [-0.2, 0) is 11.3 Å². The molecule has 1 saturated heterocycles. The highest BCUT2D eigenvalue weighted by atomic mass is 16.5. The van der Waals surface area contributed by atoms with Crippen LogP contribution < -0.4 is 5.32 Å². The fourth-order valence-corrected chi connectivity index (χ4v) is 5.77. The zero-order valence-corrected chi connectivity index (χ0v) is 23.1. The Morgan fingerprint density at radius 3 is 2.32 bits per heavy atom. The van der Waals surface area contributed by atoms with Gasteiger partial charge < -0.3 is 19.2 Å². The van der Waals surface area contributed by atoms with E-state index in [2.05, 4.69) is 31.6 Å². The predicted molar refractivity (Wildman–Crippen MR) is 162 cm³/mol. The summed E-state index contributed by atoms with van der Waals surface area (Å²) in [4.78, 5) is 28.0. The van der Waals surface area contributed by atoms with Crippen LogP contribution in [-0.4, -0.2) is 58.6 Å². The van der Waals surface area contributed by atoms with E-state index in [0.717, 1.165) is 78.1 Å². The first kappa shape index (κ1) is 25.7. The molecule has 2 aromatic heterocycles. The second-order valence-electron chi connectivity index (χ2n) is 11.3. The predicted octanol–water partition coefficient (Wildman–Crippen LogP) is 6.15. The number of nitrogens with zero attached hydrogens (tertiary/aromatic N) is 3. The number of Topliss-reactive ketones (excluding diaryl/α,β-unsaturated/α-hetero) is 1. The number of carbonyl (C=O) groups is 2. The SMILES string of the molecule is O=C(CC1CC1)c1ccc(-n2ccc3cc(NC(=O)c4ccc5c(ccn5CCN5CCOCC5)c4)ccc32)cc1. The fourth-order valence-electron chi connectivity index (χ4n) is 5.77. The monoisotopic (exact) mass is 546 g/mol. The van der Waals surface area contributed by atoms with Gasteiger partial charge in [-0.05, 0) is 91.6 Å². The van der Waals surface area contributed by atoms with E-state index < -0.39 is 0 Å². The summed E-state index contributed by atoms with van der Waals surface area (Å²) in [5.41, 5.74) is 5.36. The van der Waals surface area contributed by atoms with Gasteiger partial charge in [0.25, 0.3) is 5.91 Å². The number of ether oxygens (including phenoxy) is 1. The van der Waals surface area contributed by atoms with Crippen LogP contribution in [0.3, 0.4) is 0 Å². The van der Waals surface area contributed by atoms with Gasteiger partial charge in [-0.2, -0.15) is 0 Å². The van der Waals surface area contributed by atoms with E-state index in [4.69, 9.17) is 4.74 Å². The Morgan fingerprint density at radius 2 is 1.51 bits per heavy atom. The second kappa shape index (κ2) is 11.0. The third kappa shape index (κ3) is 5.56. The second-order valence-corrected chi connectivity index (χ2v) is 11.3. The molecule has 3 aromatic carbocycles. The van der Waals surface area contributed by atoms with Gasteiger partial charge in [0.05, 0.1) is 18.7 Å². The van der Waals surface area contributed by atoms with E-state index >= 15 is 0 Å². The Kier molecular flexibility index (Phi) is 6.90. The molecule has 2 aliphatic rings. The highest BCUT2D eigenvalue weighted by molar-refractivity contribution is 6.07. The van der Waals surface area contributed by atoms with E-state index in [1.54, 1.807) is 0 Å². The lowest BCUT2D eigenvalue weighted by molar-refractivity contribution is 0.0365. The first-order valence-corrected chi connectivity index (χ1v) is 14.6. The lowest BCUT2D eigenvalue weighted by Crippen LogP contribution is -2.38. The molecule has 1 N–H and O–H groups in total. The highest BCUT2D eigenvalue weighted by Gasteiger charge is 2.24. The van der Waals surface area contributed by atoms with E-state index in [-0.39, 0.29) is 11.7 Å². The largest absolute Gasteiger partial charge is 0.379 e. The van der Waals surface area contributed by atoms with Crippen molar-refractivity contribution in [3.8, 4) is 5.69 Å². The number of benzene rings is 3. The van der Waals surface area contributed by atoms with Gasteiger partial charge in [-0.25, -0.2) is 0 Å². The quantitative estimate of drug-likeness (QED) is 0.225. The van der Waals surface area contributed by atoms with Crippen molar-refractivity contribution in [2.75, 3.05) is 38.2 Å². The Morgan fingerprint density at radius 1 is 0.780 bits per heavy atom. The van der Waals surface area contributed by atoms with Crippen LogP contribution >= 0.6 is 0 Å². The Labute approximate surface area is 239 Å². The number of amides is 1. The average Bonchev–Trinajstić information content (AvgIpc) is 3.57. The maximum atomic E-state index is 13.1. The molecule has 7 heteroatoms. The molecule has 1 saturated carbocycles. The van der Waals surface area contributed by atoms with Crippen molar-refractivity contribution >= 4 is 39.2 Å². The summed E-state index contributed by atoms with van der Waals surface area (Å²) in [5.74, 6) is 0.696. The van der Waals surface area contributed by atoms with Crippen molar-refractivity contribution in [3.63, 3.8) is 0 Å². The van der Waals surface area contributed by atoms with Crippen LogP contribution in [0.2, 0.25) is 0 Å². The van der Waals surface area contributed by atoms with E-state index in [0.29, 0.717) is 17.9 Å². The lowest BCUT2D eigenvalue weighted by atomic mass is 10.1. The summed E-state index contributed by atoms with van der Waals surface area (Å²) in [5, 5.41) is 5.16. The molecule has 1 amide bonds. The number of morpholine rings is 1. The molecule has 0 bridgehead atoms. The van der Waals surface area contributed by atoms with Crippen LogP contribution in [0, 0.1) is 5.92 Å². The summed E-state index contributed by atoms with van der Waals surface area (Å²) < 4.78 is 9.81. The standard InChI is InChI=1S/C34H34N4O3/c39-33(21-24-1-2-24)25-3-7-30(8-4-25)38-14-12-27-23-29(6-10-32(27)38)35-34(40)28-5-9-31-26(22-28)11-13-37(31)16-15-36-17-19-41-20-18-36/h3-14,22-24H,1-2,15-21H2,(H,35,40). The molecule has 7 nitrogen and oxygen atoms in total. The maximum Gasteiger partial charge on any atom is 0.255 e. The van der Waals surface area contributed by atoms with Crippen LogP contribution in [0.25, 0.3) is 27.5 Å². The first-order valence-electron chi connectivity index (χ1n) is 14.6. The molecular formula is C34H34N4O3. The minimum absolute atomic E-state index is 0.127. The number of fused-ring (bicyclic) bond motifs is 2. The molecular weight excluding hydrogens is 512 g/mol. The van der Waals surface area contributed by atoms with Gasteiger partial charge in [0, 0.05) is 83.8 Å². The van der Waals surface area contributed by atoms with Crippen molar-refractivity contribution in [1.82, 2.24) is 14.0 Å². The molecule has 3 heterocycles. The summed E-state index contributed by atoms with van der Waals surface area (Å²) in [6.07, 6.45) is 7.15. The average molecular weight is 547 g/mol. The third-order valence-electron chi connectivity index (χ3n) is 8.38. The smallest absolute Gasteiger partial charge is 0.255 e. The molecule has 0 unspecified atom stereocenters. The Hall–Kier alpha value is -4.20. The first-order chi connectivity index (χ1) is 20.1. The number of rotatable bonds is 9. The molecule has 0 spiro atoms. The fraction of sp³-hybridized carbons (Fsp3) is 0.294. The minimum Gasteiger partial charge on any atom is -0.379 e. The number of anilines is 1. The normalized spacial score (nSPS) is 15.9. The number of aromatic nitrogens is 2. The van der Waals surface area contributed by atoms with E-state index in [1.807, 2.05) is 72.9 Å². The molecule has 41 heavy (non-hydrogen) atoms. The summed E-state index contributed by atoms with van der Waals surface area (Å²) >= 11 is 0. The van der Waals surface area contributed by atoms with Gasteiger partial charge in [0.1, 0.15) is 0 Å². The van der Waals surface area contributed by atoms with Gasteiger partial charge in [-0.15, -0.1) is 0 Å². The maximum absolute atomic E-state index is 13.1. The Bertz CT molecular complexity index is 1720. The van der Waals surface area contributed by atoms with Crippen molar-refractivity contribution in [3.05, 3.63) is 96.3 Å². The topological polar surface area (TPSA) is 68.5 Å². The van der Waals surface area contributed by atoms with E-state index in [9.17, 15) is 9.59 Å². The number of carbonyl (C=O) groups excluding carboxylic acids is 2. The van der Waals surface area contributed by atoms with Gasteiger partial charge in [-0.3, -0.25) is 14.5 Å². The third-order valence-corrected chi connectivity index (χ3v) is 8.38. The molecule has 1 aliphatic heterocycles. The number of ketones is 1. The van der Waals surface area contributed by atoms with Gasteiger partial charge in [0.2, 0.25) is 0 Å². The molecule has 1 aliphatic carbocycles. The summed E-state index contributed by atoms with van der Waals surface area (Å²) in [6, 6.07) is 23.8.